The number of rotatable bonds is 4. The van der Waals surface area contributed by atoms with Gasteiger partial charge in [-0.2, -0.15) is 5.10 Å². The SMILES string of the molecule is Cc1cc(/C=N\NC(=O)c2ccc(Br)cc2)c(C)n1-c1cc(Cl)ccc1Cl. The van der Waals surface area contributed by atoms with Crippen LogP contribution in [0.2, 0.25) is 10.0 Å². The van der Waals surface area contributed by atoms with Gasteiger partial charge in [0.15, 0.2) is 0 Å². The third-order valence-electron chi connectivity index (χ3n) is 4.10. The third kappa shape index (κ3) is 4.43. The molecule has 0 spiro atoms. The zero-order valence-corrected chi connectivity index (χ0v) is 17.7. The van der Waals surface area contributed by atoms with Crippen LogP contribution in [0.3, 0.4) is 0 Å². The van der Waals surface area contributed by atoms with Crippen LogP contribution in [0.25, 0.3) is 5.69 Å². The molecule has 1 amide bonds. The first kappa shape index (κ1) is 19.7. The summed E-state index contributed by atoms with van der Waals surface area (Å²) in [6, 6.07) is 14.4. The predicted molar refractivity (Wildman–Crippen MR) is 114 cm³/mol. The van der Waals surface area contributed by atoms with Crippen LogP contribution in [0, 0.1) is 13.8 Å². The monoisotopic (exact) mass is 463 g/mol. The second-order valence-electron chi connectivity index (χ2n) is 5.96. The van der Waals surface area contributed by atoms with Gasteiger partial charge in [0.2, 0.25) is 0 Å². The van der Waals surface area contributed by atoms with Gasteiger partial charge in [0, 0.05) is 32.0 Å². The Kier molecular flexibility index (Phi) is 6.05. The van der Waals surface area contributed by atoms with E-state index in [0.717, 1.165) is 27.1 Å². The van der Waals surface area contributed by atoms with Crippen molar-refractivity contribution in [2.24, 2.45) is 5.10 Å². The number of carbonyl (C=O) groups excluding carboxylic acids is 1. The summed E-state index contributed by atoms with van der Waals surface area (Å²) in [5, 5.41) is 5.30. The maximum Gasteiger partial charge on any atom is 0.271 e. The first-order valence-corrected chi connectivity index (χ1v) is 9.65. The number of halogens is 3. The maximum atomic E-state index is 12.1. The Labute approximate surface area is 175 Å². The van der Waals surface area contributed by atoms with Crippen LogP contribution in [0.5, 0.6) is 0 Å². The molecule has 4 nitrogen and oxygen atoms in total. The Bertz CT molecular complexity index is 1030. The fourth-order valence-corrected chi connectivity index (χ4v) is 3.41. The van der Waals surface area contributed by atoms with E-state index in [0.29, 0.717) is 15.6 Å². The van der Waals surface area contributed by atoms with Crippen molar-refractivity contribution >= 4 is 51.3 Å². The van der Waals surface area contributed by atoms with Gasteiger partial charge in [-0.25, -0.2) is 5.43 Å². The molecular weight excluding hydrogens is 449 g/mol. The van der Waals surface area contributed by atoms with Gasteiger partial charge in [-0.1, -0.05) is 39.1 Å². The molecule has 1 N–H and O–H groups in total. The number of hydrogen-bond donors (Lipinski definition) is 1. The fraction of sp³-hybridized carbons (Fsp3) is 0.100. The van der Waals surface area contributed by atoms with Gasteiger partial charge in [0.1, 0.15) is 0 Å². The molecule has 0 radical (unpaired) electrons. The van der Waals surface area contributed by atoms with Gasteiger partial charge >= 0.3 is 0 Å². The standard InChI is InChI=1S/C20H16BrCl2N3O/c1-12-9-15(11-24-25-20(27)14-3-5-16(21)6-4-14)13(2)26(12)19-10-17(22)7-8-18(19)23/h3-11H,1-2H3,(H,25,27)/b24-11-. The first-order valence-electron chi connectivity index (χ1n) is 8.10. The van der Waals surface area contributed by atoms with Gasteiger partial charge in [0.05, 0.1) is 16.9 Å². The third-order valence-corrected chi connectivity index (χ3v) is 5.18. The van der Waals surface area contributed by atoms with Crippen LogP contribution in [-0.4, -0.2) is 16.7 Å². The van der Waals surface area contributed by atoms with Gasteiger partial charge < -0.3 is 4.57 Å². The van der Waals surface area contributed by atoms with E-state index in [1.165, 1.54) is 0 Å². The maximum absolute atomic E-state index is 12.1. The smallest absolute Gasteiger partial charge is 0.271 e. The van der Waals surface area contributed by atoms with Crippen LogP contribution >= 0.6 is 39.1 Å². The van der Waals surface area contributed by atoms with E-state index in [1.54, 1.807) is 42.6 Å². The number of hydrazone groups is 1. The number of nitrogens with zero attached hydrogens (tertiary/aromatic N) is 2. The molecule has 2 aromatic carbocycles. The molecule has 1 aromatic heterocycles. The summed E-state index contributed by atoms with van der Waals surface area (Å²) < 4.78 is 2.92. The molecule has 0 saturated heterocycles. The second kappa shape index (κ2) is 8.30. The zero-order chi connectivity index (χ0) is 19.6. The zero-order valence-electron chi connectivity index (χ0n) is 14.6. The Morgan fingerprint density at radius 3 is 2.52 bits per heavy atom. The van der Waals surface area contributed by atoms with Crippen LogP contribution in [0.1, 0.15) is 27.3 Å². The summed E-state index contributed by atoms with van der Waals surface area (Å²) in [5.74, 6) is -0.273. The fourth-order valence-electron chi connectivity index (χ4n) is 2.77. The van der Waals surface area contributed by atoms with Crippen molar-refractivity contribution < 1.29 is 4.79 Å². The topological polar surface area (TPSA) is 46.4 Å². The molecule has 0 bridgehead atoms. The summed E-state index contributed by atoms with van der Waals surface area (Å²) in [6.45, 7) is 3.93. The Morgan fingerprint density at radius 2 is 1.81 bits per heavy atom. The van der Waals surface area contributed by atoms with Crippen molar-refractivity contribution in [3.8, 4) is 5.69 Å². The number of carbonyl (C=O) groups is 1. The Balaban J connectivity index is 1.82. The molecule has 7 heteroatoms. The summed E-state index contributed by atoms with van der Waals surface area (Å²) in [4.78, 5) is 12.1. The highest BCUT2D eigenvalue weighted by Crippen LogP contribution is 2.28. The lowest BCUT2D eigenvalue weighted by atomic mass is 10.2. The van der Waals surface area contributed by atoms with Gasteiger partial charge in [0.25, 0.3) is 5.91 Å². The van der Waals surface area contributed by atoms with Gasteiger partial charge in [-0.05, 0) is 62.4 Å². The summed E-state index contributed by atoms with van der Waals surface area (Å²) in [7, 11) is 0. The molecule has 0 fully saturated rings. The highest BCUT2D eigenvalue weighted by atomic mass is 79.9. The van der Waals surface area contributed by atoms with Crippen LogP contribution in [0.4, 0.5) is 0 Å². The Hall–Kier alpha value is -2.08. The van der Waals surface area contributed by atoms with Crippen molar-refractivity contribution in [2.45, 2.75) is 13.8 Å². The van der Waals surface area contributed by atoms with E-state index in [-0.39, 0.29) is 5.91 Å². The molecule has 3 rings (SSSR count). The van der Waals surface area contributed by atoms with Gasteiger partial charge in [-0.3, -0.25) is 4.79 Å². The highest BCUT2D eigenvalue weighted by molar-refractivity contribution is 9.10. The molecule has 3 aromatic rings. The molecule has 0 aliphatic carbocycles. The summed E-state index contributed by atoms with van der Waals surface area (Å²) >= 11 is 15.8. The number of hydrogen-bond acceptors (Lipinski definition) is 2. The molecule has 1 heterocycles. The molecule has 0 unspecified atom stereocenters. The molecule has 0 atom stereocenters. The number of nitrogens with one attached hydrogen (secondary N) is 1. The first-order chi connectivity index (χ1) is 12.9. The summed E-state index contributed by atoms with van der Waals surface area (Å²) in [6.07, 6.45) is 1.62. The average molecular weight is 465 g/mol. The number of aryl methyl sites for hydroxylation is 1. The largest absolute Gasteiger partial charge is 0.316 e. The lowest BCUT2D eigenvalue weighted by Crippen LogP contribution is -2.17. The van der Waals surface area contributed by atoms with Crippen molar-refractivity contribution in [1.29, 1.82) is 0 Å². The number of aromatic nitrogens is 1. The lowest BCUT2D eigenvalue weighted by Gasteiger charge is -2.12. The number of benzene rings is 2. The highest BCUT2D eigenvalue weighted by Gasteiger charge is 2.13. The van der Waals surface area contributed by atoms with Crippen LogP contribution < -0.4 is 5.43 Å². The molecule has 0 aliphatic rings. The lowest BCUT2D eigenvalue weighted by molar-refractivity contribution is 0.0955. The van der Waals surface area contributed by atoms with Crippen molar-refractivity contribution in [2.75, 3.05) is 0 Å². The molecule has 27 heavy (non-hydrogen) atoms. The average Bonchev–Trinajstić information content (AvgIpc) is 2.91. The van der Waals surface area contributed by atoms with E-state index >= 15 is 0 Å². The molecule has 0 saturated carbocycles. The minimum absolute atomic E-state index is 0.273. The van der Waals surface area contributed by atoms with E-state index in [9.17, 15) is 4.79 Å². The molecular formula is C20H16BrCl2N3O. The van der Waals surface area contributed by atoms with Crippen molar-refractivity contribution in [3.05, 3.63) is 85.6 Å². The van der Waals surface area contributed by atoms with Gasteiger partial charge in [-0.15, -0.1) is 0 Å². The Morgan fingerprint density at radius 1 is 1.11 bits per heavy atom. The van der Waals surface area contributed by atoms with Crippen molar-refractivity contribution in [1.82, 2.24) is 9.99 Å². The van der Waals surface area contributed by atoms with E-state index in [1.807, 2.05) is 30.5 Å². The quantitative estimate of drug-likeness (QED) is 0.377. The minimum atomic E-state index is -0.273. The predicted octanol–water partition coefficient (Wildman–Crippen LogP) is 5.93. The van der Waals surface area contributed by atoms with E-state index < -0.39 is 0 Å². The summed E-state index contributed by atoms with van der Waals surface area (Å²) in [5.41, 5.74) is 6.68. The van der Waals surface area contributed by atoms with Crippen molar-refractivity contribution in [3.63, 3.8) is 0 Å². The van der Waals surface area contributed by atoms with E-state index in [2.05, 4.69) is 26.5 Å². The van der Waals surface area contributed by atoms with E-state index in [4.69, 9.17) is 23.2 Å². The number of amides is 1. The van der Waals surface area contributed by atoms with Crippen LogP contribution in [-0.2, 0) is 0 Å². The molecule has 138 valence electrons. The molecule has 0 aliphatic heterocycles. The normalized spacial score (nSPS) is 11.1. The minimum Gasteiger partial charge on any atom is -0.316 e. The van der Waals surface area contributed by atoms with Crippen LogP contribution in [0.15, 0.2) is 58.1 Å². The second-order valence-corrected chi connectivity index (χ2v) is 7.72.